The summed E-state index contributed by atoms with van der Waals surface area (Å²) in [6.45, 7) is 0.808. The predicted octanol–water partition coefficient (Wildman–Crippen LogP) is 2.52. The number of pyridine rings is 1. The van der Waals surface area contributed by atoms with Crippen LogP contribution in [0.15, 0.2) is 18.5 Å². The number of ether oxygens (including phenoxy) is 1. The molecule has 64 valence electrons. The summed E-state index contributed by atoms with van der Waals surface area (Å²) >= 11 is 5.73. The van der Waals surface area contributed by atoms with E-state index < -0.39 is 0 Å². The van der Waals surface area contributed by atoms with Gasteiger partial charge < -0.3 is 4.74 Å². The van der Waals surface area contributed by atoms with Crippen LogP contribution in [0.5, 0.6) is 5.75 Å². The van der Waals surface area contributed by atoms with E-state index in [1.165, 1.54) is 12.8 Å². The van der Waals surface area contributed by atoms with Gasteiger partial charge in [-0.15, -0.1) is 0 Å². The minimum atomic E-state index is 0.628. The second kappa shape index (κ2) is 3.31. The Balaban J connectivity index is 1.92. The maximum absolute atomic E-state index is 5.73. The van der Waals surface area contributed by atoms with E-state index >= 15 is 0 Å². The van der Waals surface area contributed by atoms with E-state index in [4.69, 9.17) is 16.3 Å². The zero-order valence-corrected chi connectivity index (χ0v) is 7.42. The number of aromatic nitrogens is 1. The molecule has 0 saturated heterocycles. The van der Waals surface area contributed by atoms with Crippen molar-refractivity contribution in [2.45, 2.75) is 12.8 Å². The van der Waals surface area contributed by atoms with Crippen molar-refractivity contribution in [3.8, 4) is 5.75 Å². The van der Waals surface area contributed by atoms with Crippen LogP contribution in [0.1, 0.15) is 12.8 Å². The number of nitrogens with zero attached hydrogens (tertiary/aromatic N) is 1. The Bertz CT molecular complexity index is 273. The fraction of sp³-hybridized carbons (Fsp3) is 0.444. The quantitative estimate of drug-likeness (QED) is 0.719. The Hall–Kier alpha value is -0.760. The highest BCUT2D eigenvalue weighted by Gasteiger charge is 2.21. The zero-order chi connectivity index (χ0) is 8.39. The number of rotatable bonds is 3. The lowest BCUT2D eigenvalue weighted by atomic mass is 10.4. The molecular formula is C9H10ClNO. The van der Waals surface area contributed by atoms with E-state index in [1.807, 2.05) is 0 Å². The first kappa shape index (κ1) is 7.87. The topological polar surface area (TPSA) is 22.1 Å². The molecule has 0 atom stereocenters. The molecule has 0 N–H and O–H groups in total. The van der Waals surface area contributed by atoms with Gasteiger partial charge >= 0.3 is 0 Å². The molecule has 2 nitrogen and oxygen atoms in total. The molecule has 0 spiro atoms. The van der Waals surface area contributed by atoms with Crippen molar-refractivity contribution in [2.24, 2.45) is 5.92 Å². The molecule has 0 amide bonds. The molecular weight excluding hydrogens is 174 g/mol. The lowest BCUT2D eigenvalue weighted by Crippen LogP contribution is -1.98. The monoisotopic (exact) mass is 183 g/mol. The molecule has 1 aliphatic carbocycles. The fourth-order valence-corrected chi connectivity index (χ4v) is 1.13. The van der Waals surface area contributed by atoms with Crippen LogP contribution in [0.25, 0.3) is 0 Å². The van der Waals surface area contributed by atoms with Crippen molar-refractivity contribution < 1.29 is 4.74 Å². The minimum absolute atomic E-state index is 0.628. The molecule has 1 aliphatic rings. The molecule has 0 aromatic carbocycles. The number of hydrogen-bond acceptors (Lipinski definition) is 2. The Morgan fingerprint density at radius 2 is 2.33 bits per heavy atom. The van der Waals surface area contributed by atoms with E-state index in [0.29, 0.717) is 5.02 Å². The third-order valence-electron chi connectivity index (χ3n) is 1.86. The van der Waals surface area contributed by atoms with Crippen LogP contribution in [-0.2, 0) is 0 Å². The Kier molecular flexibility index (Phi) is 2.17. The van der Waals surface area contributed by atoms with Gasteiger partial charge in [-0.1, -0.05) is 11.6 Å². The summed E-state index contributed by atoms with van der Waals surface area (Å²) in [6.07, 6.45) is 5.89. The van der Waals surface area contributed by atoms with Crippen LogP contribution in [0.2, 0.25) is 5.02 Å². The number of halogens is 1. The molecule has 0 unspecified atom stereocenters. The second-order valence-electron chi connectivity index (χ2n) is 3.09. The Morgan fingerprint density at radius 1 is 1.50 bits per heavy atom. The highest BCUT2D eigenvalue weighted by Crippen LogP contribution is 2.29. The third-order valence-corrected chi connectivity index (χ3v) is 2.07. The van der Waals surface area contributed by atoms with Crippen LogP contribution in [0, 0.1) is 5.92 Å². The maximum Gasteiger partial charge on any atom is 0.139 e. The van der Waals surface area contributed by atoms with Gasteiger partial charge in [0.05, 0.1) is 17.8 Å². The SMILES string of the molecule is Clc1cncc(OCC2CC2)c1. The highest BCUT2D eigenvalue weighted by atomic mass is 35.5. The summed E-state index contributed by atoms with van der Waals surface area (Å²) in [4.78, 5) is 3.93. The van der Waals surface area contributed by atoms with E-state index in [1.54, 1.807) is 18.5 Å². The second-order valence-corrected chi connectivity index (χ2v) is 3.53. The fourth-order valence-electron chi connectivity index (χ4n) is 0.970. The lowest BCUT2D eigenvalue weighted by molar-refractivity contribution is 0.298. The van der Waals surface area contributed by atoms with Gasteiger partial charge in [-0.3, -0.25) is 4.98 Å². The van der Waals surface area contributed by atoms with Crippen LogP contribution in [-0.4, -0.2) is 11.6 Å². The van der Waals surface area contributed by atoms with Crippen molar-refractivity contribution in [2.75, 3.05) is 6.61 Å². The summed E-state index contributed by atoms with van der Waals surface area (Å²) in [5.41, 5.74) is 0. The average Bonchev–Trinajstić information content (AvgIpc) is 2.84. The van der Waals surface area contributed by atoms with Crippen molar-refractivity contribution in [3.63, 3.8) is 0 Å². The van der Waals surface area contributed by atoms with Crippen molar-refractivity contribution in [1.82, 2.24) is 4.98 Å². The number of hydrogen-bond donors (Lipinski definition) is 0. The van der Waals surface area contributed by atoms with Gasteiger partial charge in [0, 0.05) is 12.3 Å². The molecule has 1 heterocycles. The summed E-state index contributed by atoms with van der Waals surface area (Å²) in [5, 5.41) is 0.628. The van der Waals surface area contributed by atoms with Crippen LogP contribution in [0.3, 0.4) is 0 Å². The van der Waals surface area contributed by atoms with Crippen LogP contribution in [0.4, 0.5) is 0 Å². The first-order chi connectivity index (χ1) is 5.84. The van der Waals surface area contributed by atoms with Gasteiger partial charge in [-0.05, 0) is 18.8 Å². The van der Waals surface area contributed by atoms with E-state index in [9.17, 15) is 0 Å². The zero-order valence-electron chi connectivity index (χ0n) is 6.66. The molecule has 3 heteroatoms. The Labute approximate surface area is 76.5 Å². The largest absolute Gasteiger partial charge is 0.492 e. The van der Waals surface area contributed by atoms with Gasteiger partial charge in [-0.25, -0.2) is 0 Å². The van der Waals surface area contributed by atoms with Crippen molar-refractivity contribution in [1.29, 1.82) is 0 Å². The molecule has 0 radical (unpaired) electrons. The average molecular weight is 184 g/mol. The van der Waals surface area contributed by atoms with Gasteiger partial charge in [0.1, 0.15) is 5.75 Å². The molecule has 0 aliphatic heterocycles. The minimum Gasteiger partial charge on any atom is -0.492 e. The molecule has 2 rings (SSSR count). The van der Waals surface area contributed by atoms with Gasteiger partial charge in [-0.2, -0.15) is 0 Å². The van der Waals surface area contributed by atoms with Crippen molar-refractivity contribution >= 4 is 11.6 Å². The van der Waals surface area contributed by atoms with Gasteiger partial charge in [0.2, 0.25) is 0 Å². The van der Waals surface area contributed by atoms with E-state index in [2.05, 4.69) is 4.98 Å². The molecule has 0 bridgehead atoms. The van der Waals surface area contributed by atoms with Crippen LogP contribution < -0.4 is 4.74 Å². The molecule has 1 saturated carbocycles. The highest BCUT2D eigenvalue weighted by molar-refractivity contribution is 6.30. The maximum atomic E-state index is 5.73. The lowest BCUT2D eigenvalue weighted by Gasteiger charge is -2.03. The summed E-state index contributed by atoms with van der Waals surface area (Å²) in [6, 6.07) is 1.79. The van der Waals surface area contributed by atoms with Crippen molar-refractivity contribution in [3.05, 3.63) is 23.5 Å². The third kappa shape index (κ3) is 2.11. The van der Waals surface area contributed by atoms with E-state index in [0.717, 1.165) is 18.3 Å². The van der Waals surface area contributed by atoms with E-state index in [-0.39, 0.29) is 0 Å². The molecule has 1 fully saturated rings. The Morgan fingerprint density at radius 3 is 3.00 bits per heavy atom. The van der Waals surface area contributed by atoms with Gasteiger partial charge in [0.15, 0.2) is 0 Å². The normalized spacial score (nSPS) is 16.1. The summed E-state index contributed by atoms with van der Waals surface area (Å²) < 4.78 is 5.46. The molecule has 1 aromatic heterocycles. The molecule has 12 heavy (non-hydrogen) atoms. The van der Waals surface area contributed by atoms with Crippen LogP contribution >= 0.6 is 11.6 Å². The smallest absolute Gasteiger partial charge is 0.139 e. The first-order valence-corrected chi connectivity index (χ1v) is 4.46. The summed E-state index contributed by atoms with van der Waals surface area (Å²) in [7, 11) is 0. The first-order valence-electron chi connectivity index (χ1n) is 4.08. The van der Waals surface area contributed by atoms with Gasteiger partial charge in [0.25, 0.3) is 0 Å². The molecule has 1 aromatic rings. The summed E-state index contributed by atoms with van der Waals surface area (Å²) in [5.74, 6) is 1.54. The standard InChI is InChI=1S/C9H10ClNO/c10-8-3-9(5-11-4-8)12-6-7-1-2-7/h3-5,7H,1-2,6H2. The predicted molar refractivity (Wildman–Crippen MR) is 47.5 cm³/mol.